The Kier molecular flexibility index (Phi) is 8.22. The van der Waals surface area contributed by atoms with Gasteiger partial charge in [-0.15, -0.1) is 0 Å². The number of carbonyl (C=O) groups is 3. The van der Waals surface area contributed by atoms with E-state index >= 15 is 0 Å². The van der Waals surface area contributed by atoms with E-state index in [9.17, 15) is 14.4 Å². The zero-order valence-corrected chi connectivity index (χ0v) is 21.4. The molecule has 7 nitrogen and oxygen atoms in total. The van der Waals surface area contributed by atoms with E-state index in [0.29, 0.717) is 28.1 Å². The lowest BCUT2D eigenvalue weighted by Crippen LogP contribution is -2.21. The zero-order valence-electron chi connectivity index (χ0n) is 19.8. The number of aryl methyl sites for hydroxylation is 1. The summed E-state index contributed by atoms with van der Waals surface area (Å²) < 4.78 is 6.39. The van der Waals surface area contributed by atoms with Crippen LogP contribution in [0.2, 0.25) is 0 Å². The molecule has 0 spiro atoms. The topological polar surface area (TPSA) is 96.9 Å². The zero-order chi connectivity index (χ0) is 26.2. The third kappa shape index (κ3) is 6.77. The number of benzene rings is 4. The van der Waals surface area contributed by atoms with E-state index in [1.165, 1.54) is 6.21 Å². The number of nitrogens with one attached hydrogen (secondary N) is 2. The number of ether oxygens (including phenoxy) is 1. The minimum Gasteiger partial charge on any atom is -0.422 e. The Balaban J connectivity index is 1.44. The Hall–Kier alpha value is -4.56. The average molecular weight is 556 g/mol. The summed E-state index contributed by atoms with van der Waals surface area (Å²) in [5.74, 6) is -1.06. The van der Waals surface area contributed by atoms with Crippen LogP contribution in [0.4, 0.5) is 5.69 Å². The van der Waals surface area contributed by atoms with Gasteiger partial charge in [0.05, 0.1) is 23.0 Å². The maximum Gasteiger partial charge on any atom is 0.343 e. The summed E-state index contributed by atoms with van der Waals surface area (Å²) in [6.45, 7) is 1.93. The lowest BCUT2D eigenvalue weighted by Gasteiger charge is -2.10. The van der Waals surface area contributed by atoms with E-state index in [1.807, 2.05) is 19.1 Å². The quantitative estimate of drug-likeness (QED) is 0.126. The van der Waals surface area contributed by atoms with Crippen LogP contribution in [0.5, 0.6) is 5.75 Å². The van der Waals surface area contributed by atoms with E-state index in [1.54, 1.807) is 84.9 Å². The molecule has 0 heterocycles. The molecule has 0 aliphatic carbocycles. The number of hydrogen-bond acceptors (Lipinski definition) is 5. The standard InChI is InChI=1S/C29H22BrN3O4/c1-19-10-12-21(13-11-19)29(36)37-26-9-5-2-6-22(26)18-31-33-28(35)24-7-3-4-8-25(24)32-27(34)20-14-16-23(30)17-15-20/h2-18H,1H3,(H,32,34)(H,33,35)/b31-18-. The Bertz CT molecular complexity index is 1470. The van der Waals surface area contributed by atoms with Crippen molar-refractivity contribution in [3.8, 4) is 5.75 Å². The molecule has 184 valence electrons. The number of halogens is 1. The minimum absolute atomic E-state index is 0.240. The predicted molar refractivity (Wildman–Crippen MR) is 146 cm³/mol. The van der Waals surface area contributed by atoms with Crippen molar-refractivity contribution in [2.75, 3.05) is 5.32 Å². The molecule has 2 N–H and O–H groups in total. The summed E-state index contributed by atoms with van der Waals surface area (Å²) in [6.07, 6.45) is 1.39. The first kappa shape index (κ1) is 25.5. The fourth-order valence-electron chi connectivity index (χ4n) is 3.34. The van der Waals surface area contributed by atoms with Gasteiger partial charge in [0.15, 0.2) is 0 Å². The second-order valence-corrected chi connectivity index (χ2v) is 8.91. The number of anilines is 1. The highest BCUT2D eigenvalue weighted by atomic mass is 79.9. The summed E-state index contributed by atoms with van der Waals surface area (Å²) in [7, 11) is 0. The maximum absolute atomic E-state index is 12.8. The number of nitrogens with zero attached hydrogens (tertiary/aromatic N) is 1. The number of carbonyl (C=O) groups excluding carboxylic acids is 3. The van der Waals surface area contributed by atoms with Gasteiger partial charge in [-0.05, 0) is 67.6 Å². The molecule has 4 rings (SSSR count). The molecule has 0 unspecified atom stereocenters. The van der Waals surface area contributed by atoms with Crippen molar-refractivity contribution in [1.82, 2.24) is 5.43 Å². The summed E-state index contributed by atoms with van der Waals surface area (Å²) in [5.41, 5.74) is 5.45. The molecule has 8 heteroatoms. The van der Waals surface area contributed by atoms with Gasteiger partial charge in [0, 0.05) is 15.6 Å². The smallest absolute Gasteiger partial charge is 0.343 e. The molecule has 4 aromatic rings. The molecule has 0 atom stereocenters. The van der Waals surface area contributed by atoms with Gasteiger partial charge in [-0.2, -0.15) is 5.10 Å². The van der Waals surface area contributed by atoms with Crippen LogP contribution in [-0.2, 0) is 0 Å². The fourth-order valence-corrected chi connectivity index (χ4v) is 3.60. The molecule has 37 heavy (non-hydrogen) atoms. The van der Waals surface area contributed by atoms with Gasteiger partial charge in [-0.3, -0.25) is 9.59 Å². The van der Waals surface area contributed by atoms with Crippen molar-refractivity contribution in [2.24, 2.45) is 5.10 Å². The summed E-state index contributed by atoms with van der Waals surface area (Å²) in [5, 5.41) is 6.79. The summed E-state index contributed by atoms with van der Waals surface area (Å²) in [6, 6.07) is 27.4. The monoisotopic (exact) mass is 555 g/mol. The number of amides is 2. The lowest BCUT2D eigenvalue weighted by molar-refractivity contribution is 0.0734. The second kappa shape index (κ2) is 11.9. The van der Waals surface area contributed by atoms with Crippen LogP contribution >= 0.6 is 15.9 Å². The second-order valence-electron chi connectivity index (χ2n) is 8.00. The lowest BCUT2D eigenvalue weighted by atomic mass is 10.1. The maximum atomic E-state index is 12.8. The summed E-state index contributed by atoms with van der Waals surface area (Å²) in [4.78, 5) is 38.0. The number of hydrazone groups is 1. The van der Waals surface area contributed by atoms with Crippen molar-refractivity contribution < 1.29 is 19.1 Å². The molecule has 0 saturated carbocycles. The van der Waals surface area contributed by atoms with Gasteiger partial charge in [0.25, 0.3) is 11.8 Å². The molecule has 0 fully saturated rings. The Morgan fingerprint density at radius 2 is 1.43 bits per heavy atom. The highest BCUT2D eigenvalue weighted by Crippen LogP contribution is 2.19. The highest BCUT2D eigenvalue weighted by Gasteiger charge is 2.14. The molecule has 0 radical (unpaired) electrons. The summed E-state index contributed by atoms with van der Waals surface area (Å²) >= 11 is 3.34. The molecule has 4 aromatic carbocycles. The number of hydrogen-bond donors (Lipinski definition) is 2. The van der Waals surface area contributed by atoms with E-state index in [-0.39, 0.29) is 11.5 Å². The van der Waals surface area contributed by atoms with E-state index in [0.717, 1.165) is 10.0 Å². The van der Waals surface area contributed by atoms with Crippen LogP contribution in [0.15, 0.2) is 107 Å². The minimum atomic E-state index is -0.517. The first-order chi connectivity index (χ1) is 17.9. The van der Waals surface area contributed by atoms with Gasteiger partial charge in [0.2, 0.25) is 0 Å². The van der Waals surface area contributed by atoms with Crippen molar-refractivity contribution in [1.29, 1.82) is 0 Å². The van der Waals surface area contributed by atoms with Crippen molar-refractivity contribution in [3.05, 3.63) is 129 Å². The van der Waals surface area contributed by atoms with Crippen molar-refractivity contribution in [2.45, 2.75) is 6.92 Å². The Labute approximate surface area is 222 Å². The number of rotatable bonds is 7. The van der Waals surface area contributed by atoms with Crippen LogP contribution in [0.25, 0.3) is 0 Å². The van der Waals surface area contributed by atoms with Crippen molar-refractivity contribution in [3.63, 3.8) is 0 Å². The molecule has 2 amide bonds. The van der Waals surface area contributed by atoms with E-state index < -0.39 is 11.9 Å². The highest BCUT2D eigenvalue weighted by molar-refractivity contribution is 9.10. The van der Waals surface area contributed by atoms with Crippen LogP contribution in [0.1, 0.15) is 42.2 Å². The average Bonchev–Trinajstić information content (AvgIpc) is 2.90. The third-order valence-electron chi connectivity index (χ3n) is 5.30. The normalized spacial score (nSPS) is 10.6. The molecule has 0 aromatic heterocycles. The molecular formula is C29H22BrN3O4. The van der Waals surface area contributed by atoms with Gasteiger partial charge >= 0.3 is 5.97 Å². The molecular weight excluding hydrogens is 534 g/mol. The third-order valence-corrected chi connectivity index (χ3v) is 5.83. The Morgan fingerprint density at radius 1 is 0.784 bits per heavy atom. The molecule has 0 aliphatic heterocycles. The van der Waals surface area contributed by atoms with Crippen LogP contribution in [0, 0.1) is 6.92 Å². The van der Waals surface area contributed by atoms with Crippen LogP contribution in [0.3, 0.4) is 0 Å². The van der Waals surface area contributed by atoms with Crippen LogP contribution < -0.4 is 15.5 Å². The number of esters is 1. The first-order valence-electron chi connectivity index (χ1n) is 11.3. The Morgan fingerprint density at radius 3 is 2.19 bits per heavy atom. The first-order valence-corrected chi connectivity index (χ1v) is 12.1. The molecule has 0 aliphatic rings. The predicted octanol–water partition coefficient (Wildman–Crippen LogP) is 5.99. The SMILES string of the molecule is Cc1ccc(C(=O)Oc2ccccc2/C=N\NC(=O)c2ccccc2NC(=O)c2ccc(Br)cc2)cc1. The van der Waals surface area contributed by atoms with Gasteiger partial charge in [0.1, 0.15) is 5.75 Å². The van der Waals surface area contributed by atoms with Gasteiger partial charge in [-0.25, -0.2) is 10.2 Å². The van der Waals surface area contributed by atoms with Gasteiger partial charge < -0.3 is 10.1 Å². The van der Waals surface area contributed by atoms with Crippen molar-refractivity contribution >= 4 is 45.6 Å². The van der Waals surface area contributed by atoms with Crippen LogP contribution in [-0.4, -0.2) is 24.0 Å². The molecule has 0 saturated heterocycles. The largest absolute Gasteiger partial charge is 0.422 e. The molecule has 0 bridgehead atoms. The van der Waals surface area contributed by atoms with E-state index in [2.05, 4.69) is 31.8 Å². The van der Waals surface area contributed by atoms with E-state index in [4.69, 9.17) is 4.74 Å². The fraction of sp³-hybridized carbons (Fsp3) is 0.0345. The number of para-hydroxylation sites is 2. The van der Waals surface area contributed by atoms with Gasteiger partial charge in [-0.1, -0.05) is 57.9 Å².